The van der Waals surface area contributed by atoms with Crippen molar-refractivity contribution >= 4 is 18.3 Å². The molecule has 5 heteroatoms. The molecule has 1 amide bonds. The summed E-state index contributed by atoms with van der Waals surface area (Å²) in [6.45, 7) is 6.91. The van der Waals surface area contributed by atoms with Gasteiger partial charge >= 0.3 is 0 Å². The van der Waals surface area contributed by atoms with Crippen molar-refractivity contribution in [1.82, 2.24) is 5.32 Å². The molecular weight excluding hydrogens is 276 g/mol. The van der Waals surface area contributed by atoms with E-state index in [4.69, 9.17) is 10.5 Å². The molecule has 4 nitrogen and oxygen atoms in total. The maximum Gasteiger partial charge on any atom is 0.227 e. The van der Waals surface area contributed by atoms with Crippen molar-refractivity contribution in [3.63, 3.8) is 0 Å². The van der Waals surface area contributed by atoms with Crippen molar-refractivity contribution in [2.45, 2.75) is 52.4 Å². The summed E-state index contributed by atoms with van der Waals surface area (Å²) in [5.41, 5.74) is 5.45. The van der Waals surface area contributed by atoms with E-state index in [2.05, 4.69) is 19.2 Å². The summed E-state index contributed by atoms with van der Waals surface area (Å²) in [6.07, 6.45) is 6.28. The molecular formula is C15H31ClN2O2. The molecule has 0 aromatic carbocycles. The van der Waals surface area contributed by atoms with Crippen LogP contribution in [-0.2, 0) is 9.53 Å². The van der Waals surface area contributed by atoms with Gasteiger partial charge in [0.15, 0.2) is 0 Å². The second kappa shape index (κ2) is 10.4. The van der Waals surface area contributed by atoms with Crippen LogP contribution in [0.15, 0.2) is 0 Å². The number of unbranched alkanes of at least 4 members (excludes halogenated alkanes) is 1. The number of hydrogen-bond donors (Lipinski definition) is 2. The first-order valence-corrected chi connectivity index (χ1v) is 7.74. The fourth-order valence-corrected chi connectivity index (χ4v) is 2.65. The van der Waals surface area contributed by atoms with Gasteiger partial charge in [0, 0.05) is 26.3 Å². The van der Waals surface area contributed by atoms with Gasteiger partial charge in [0.25, 0.3) is 0 Å². The summed E-state index contributed by atoms with van der Waals surface area (Å²) in [4.78, 5) is 12.4. The van der Waals surface area contributed by atoms with E-state index in [-0.39, 0.29) is 23.7 Å². The molecule has 20 heavy (non-hydrogen) atoms. The third-order valence-corrected chi connectivity index (χ3v) is 4.42. The average Bonchev–Trinajstić information content (AvgIpc) is 2.47. The predicted molar refractivity (Wildman–Crippen MR) is 85.1 cm³/mol. The third kappa shape index (κ3) is 5.58. The topological polar surface area (TPSA) is 64.4 Å². The van der Waals surface area contributed by atoms with E-state index in [9.17, 15) is 4.79 Å². The van der Waals surface area contributed by atoms with E-state index in [0.717, 1.165) is 25.8 Å². The van der Waals surface area contributed by atoms with Gasteiger partial charge in [-0.05, 0) is 25.2 Å². The van der Waals surface area contributed by atoms with Crippen molar-refractivity contribution in [3.8, 4) is 0 Å². The normalized spacial score (nSPS) is 18.9. The number of nitrogens with two attached hydrogens (primary N) is 1. The van der Waals surface area contributed by atoms with Gasteiger partial charge in [-0.15, -0.1) is 12.4 Å². The minimum atomic E-state index is -0.388. The Morgan fingerprint density at radius 1 is 1.35 bits per heavy atom. The average molecular weight is 307 g/mol. The molecule has 0 aromatic heterocycles. The zero-order valence-electron chi connectivity index (χ0n) is 13.0. The van der Waals surface area contributed by atoms with E-state index in [0.29, 0.717) is 25.7 Å². The van der Waals surface area contributed by atoms with Crippen LogP contribution in [0, 0.1) is 11.3 Å². The maximum atomic E-state index is 12.4. The Bertz CT molecular complexity index is 269. The molecule has 0 spiro atoms. The Kier molecular flexibility index (Phi) is 10.2. The molecule has 0 bridgehead atoms. The molecule has 1 rings (SSSR count). The molecule has 0 aromatic rings. The third-order valence-electron chi connectivity index (χ3n) is 4.42. The van der Waals surface area contributed by atoms with Crippen LogP contribution in [0.2, 0.25) is 0 Å². The minimum Gasteiger partial charge on any atom is -0.381 e. The predicted octanol–water partition coefficient (Wildman–Crippen LogP) is 2.50. The first-order valence-electron chi connectivity index (χ1n) is 7.74. The molecule has 1 saturated heterocycles. The lowest BCUT2D eigenvalue weighted by Gasteiger charge is -2.35. The van der Waals surface area contributed by atoms with Crippen molar-refractivity contribution in [2.24, 2.45) is 17.1 Å². The molecule has 1 atom stereocenters. The van der Waals surface area contributed by atoms with Crippen LogP contribution in [-0.4, -0.2) is 32.2 Å². The summed E-state index contributed by atoms with van der Waals surface area (Å²) in [5.74, 6) is 0.729. The molecule has 1 aliphatic rings. The highest BCUT2D eigenvalue weighted by Gasteiger charge is 2.38. The number of carbonyl (C=O) groups is 1. The van der Waals surface area contributed by atoms with Crippen molar-refractivity contribution < 1.29 is 9.53 Å². The number of carbonyl (C=O) groups excluding carboxylic acids is 1. The van der Waals surface area contributed by atoms with E-state index in [1.54, 1.807) is 0 Å². The van der Waals surface area contributed by atoms with Crippen LogP contribution >= 0.6 is 12.4 Å². The van der Waals surface area contributed by atoms with Crippen LogP contribution in [0.1, 0.15) is 52.4 Å². The Hall–Kier alpha value is -0.320. The molecule has 3 N–H and O–H groups in total. The highest BCUT2D eigenvalue weighted by atomic mass is 35.5. The summed E-state index contributed by atoms with van der Waals surface area (Å²) in [5, 5.41) is 3.13. The Morgan fingerprint density at radius 3 is 2.50 bits per heavy atom. The number of halogens is 1. The zero-order chi connectivity index (χ0) is 14.1. The summed E-state index contributed by atoms with van der Waals surface area (Å²) in [6, 6.07) is 0. The fraction of sp³-hybridized carbons (Fsp3) is 0.933. The molecule has 120 valence electrons. The van der Waals surface area contributed by atoms with E-state index >= 15 is 0 Å². The second-order valence-corrected chi connectivity index (χ2v) is 5.72. The molecule has 1 aliphatic heterocycles. The largest absolute Gasteiger partial charge is 0.381 e. The van der Waals surface area contributed by atoms with Crippen molar-refractivity contribution in [2.75, 3.05) is 26.3 Å². The number of ether oxygens (including phenoxy) is 1. The highest BCUT2D eigenvalue weighted by Crippen LogP contribution is 2.29. The fourth-order valence-electron chi connectivity index (χ4n) is 2.65. The lowest BCUT2D eigenvalue weighted by molar-refractivity contribution is -0.136. The van der Waals surface area contributed by atoms with Crippen LogP contribution in [0.3, 0.4) is 0 Å². The van der Waals surface area contributed by atoms with Gasteiger partial charge in [-0.3, -0.25) is 4.79 Å². The van der Waals surface area contributed by atoms with Crippen LogP contribution in [0.4, 0.5) is 0 Å². The highest BCUT2D eigenvalue weighted by molar-refractivity contribution is 5.85. The first-order chi connectivity index (χ1) is 9.18. The van der Waals surface area contributed by atoms with Crippen LogP contribution < -0.4 is 11.1 Å². The number of amides is 1. The maximum absolute atomic E-state index is 12.4. The molecule has 1 unspecified atom stereocenters. The number of nitrogens with one attached hydrogen (secondary N) is 1. The summed E-state index contributed by atoms with van der Waals surface area (Å²) >= 11 is 0. The lowest BCUT2D eigenvalue weighted by atomic mass is 9.79. The molecule has 0 saturated carbocycles. The standard InChI is InChI=1S/C15H30N2O2.ClH/c1-3-5-6-13(4-2)11-17-14(18)15(12-16)7-9-19-10-8-15;/h13H,3-12,16H2,1-2H3,(H,17,18);1H. The lowest BCUT2D eigenvalue weighted by Crippen LogP contribution is -2.50. The van der Waals surface area contributed by atoms with Gasteiger partial charge in [0.1, 0.15) is 0 Å². The Morgan fingerprint density at radius 2 is 2.00 bits per heavy atom. The van der Waals surface area contributed by atoms with Gasteiger partial charge in [-0.2, -0.15) is 0 Å². The Labute approximate surface area is 129 Å². The zero-order valence-corrected chi connectivity index (χ0v) is 13.8. The van der Waals surface area contributed by atoms with E-state index in [1.807, 2.05) is 0 Å². The summed E-state index contributed by atoms with van der Waals surface area (Å²) < 4.78 is 5.34. The van der Waals surface area contributed by atoms with Gasteiger partial charge in [0.2, 0.25) is 5.91 Å². The van der Waals surface area contributed by atoms with Crippen molar-refractivity contribution in [1.29, 1.82) is 0 Å². The van der Waals surface area contributed by atoms with Crippen LogP contribution in [0.25, 0.3) is 0 Å². The first kappa shape index (κ1) is 19.7. The monoisotopic (exact) mass is 306 g/mol. The summed E-state index contributed by atoms with van der Waals surface area (Å²) in [7, 11) is 0. The number of hydrogen-bond acceptors (Lipinski definition) is 3. The SMILES string of the molecule is CCCCC(CC)CNC(=O)C1(CN)CCOCC1.Cl. The molecule has 1 fully saturated rings. The van der Waals surface area contributed by atoms with Gasteiger partial charge in [0.05, 0.1) is 5.41 Å². The van der Waals surface area contributed by atoms with E-state index in [1.165, 1.54) is 19.3 Å². The Balaban J connectivity index is 0.00000361. The minimum absolute atomic E-state index is 0. The molecule has 0 radical (unpaired) electrons. The van der Waals surface area contributed by atoms with Crippen molar-refractivity contribution in [3.05, 3.63) is 0 Å². The van der Waals surface area contributed by atoms with Gasteiger partial charge in [-0.1, -0.05) is 33.1 Å². The van der Waals surface area contributed by atoms with Gasteiger partial charge in [-0.25, -0.2) is 0 Å². The van der Waals surface area contributed by atoms with Crippen LogP contribution in [0.5, 0.6) is 0 Å². The number of rotatable bonds is 8. The van der Waals surface area contributed by atoms with E-state index < -0.39 is 0 Å². The molecule has 1 heterocycles. The smallest absolute Gasteiger partial charge is 0.227 e. The second-order valence-electron chi connectivity index (χ2n) is 5.72. The molecule has 0 aliphatic carbocycles. The quantitative estimate of drug-likeness (QED) is 0.724. The van der Waals surface area contributed by atoms with Gasteiger partial charge < -0.3 is 15.8 Å².